The summed E-state index contributed by atoms with van der Waals surface area (Å²) in [7, 11) is 0. The number of nitrogens with zero attached hydrogens (tertiary/aromatic N) is 2. The molecule has 0 aromatic carbocycles. The van der Waals surface area contributed by atoms with Gasteiger partial charge in [-0.05, 0) is 18.4 Å². The smallest absolute Gasteiger partial charge is 0.422 e. The van der Waals surface area contributed by atoms with E-state index in [1.54, 1.807) is 0 Å². The molecule has 1 rings (SSSR count). The number of rotatable bonds is 5. The summed E-state index contributed by atoms with van der Waals surface area (Å²) in [5.41, 5.74) is 7.64. The molecule has 0 saturated carbocycles. The lowest BCUT2D eigenvalue weighted by atomic mass is 10.0. The van der Waals surface area contributed by atoms with Crippen molar-refractivity contribution >= 4 is 0 Å². The highest BCUT2D eigenvalue weighted by atomic mass is 19.4. The molecule has 1 heterocycles. The van der Waals surface area contributed by atoms with Gasteiger partial charge >= 0.3 is 6.18 Å². The molecule has 0 fully saturated rings. The van der Waals surface area contributed by atoms with Crippen LogP contribution >= 0.6 is 0 Å². The van der Waals surface area contributed by atoms with Crippen LogP contribution in [-0.4, -0.2) is 23.0 Å². The summed E-state index contributed by atoms with van der Waals surface area (Å²) >= 11 is 0. The van der Waals surface area contributed by atoms with Crippen molar-refractivity contribution in [3.8, 4) is 5.88 Å². The second kappa shape index (κ2) is 5.99. The van der Waals surface area contributed by atoms with Gasteiger partial charge in [0.1, 0.15) is 0 Å². The molecule has 0 radical (unpaired) electrons. The van der Waals surface area contributed by atoms with Gasteiger partial charge in [-0.3, -0.25) is 0 Å². The zero-order valence-corrected chi connectivity index (χ0v) is 10.3. The normalized spacial score (nSPS) is 11.7. The third-order valence-electron chi connectivity index (χ3n) is 2.50. The molecule has 7 heteroatoms. The molecule has 1 aromatic heterocycles. The van der Waals surface area contributed by atoms with Crippen molar-refractivity contribution in [3.05, 3.63) is 16.8 Å². The average Bonchev–Trinajstić information content (AvgIpc) is 2.33. The summed E-state index contributed by atoms with van der Waals surface area (Å²) in [5, 5.41) is 7.56. The summed E-state index contributed by atoms with van der Waals surface area (Å²) in [5.74, 6) is -0.121. The Morgan fingerprint density at radius 3 is 2.22 bits per heavy atom. The molecule has 0 bridgehead atoms. The molecule has 0 spiro atoms. The fourth-order valence-electron chi connectivity index (χ4n) is 1.71. The first-order valence-electron chi connectivity index (χ1n) is 5.69. The Bertz CT molecular complexity index is 407. The molecule has 4 nitrogen and oxygen atoms in total. The minimum atomic E-state index is -4.40. The van der Waals surface area contributed by atoms with Crippen LogP contribution in [0.2, 0.25) is 0 Å². The van der Waals surface area contributed by atoms with Gasteiger partial charge in [0.05, 0.1) is 5.69 Å². The van der Waals surface area contributed by atoms with E-state index in [0.29, 0.717) is 18.4 Å². The van der Waals surface area contributed by atoms with Crippen molar-refractivity contribution in [1.29, 1.82) is 0 Å². The van der Waals surface area contributed by atoms with Crippen LogP contribution in [0.15, 0.2) is 0 Å². The highest BCUT2D eigenvalue weighted by Gasteiger charge is 2.29. The van der Waals surface area contributed by atoms with E-state index >= 15 is 0 Å². The lowest BCUT2D eigenvalue weighted by Gasteiger charge is -2.15. The third kappa shape index (κ3) is 3.56. The number of nitrogens with two attached hydrogens (primary N) is 1. The van der Waals surface area contributed by atoms with Gasteiger partial charge in [-0.25, -0.2) is 0 Å². The first kappa shape index (κ1) is 14.7. The molecular weight excluding hydrogens is 247 g/mol. The summed E-state index contributed by atoms with van der Waals surface area (Å²) < 4.78 is 41.0. The number of aromatic nitrogens is 2. The maximum Gasteiger partial charge on any atom is 0.422 e. The Morgan fingerprint density at radius 1 is 1.11 bits per heavy atom. The largest absolute Gasteiger partial charge is 0.467 e. The van der Waals surface area contributed by atoms with Crippen molar-refractivity contribution in [2.24, 2.45) is 5.73 Å². The van der Waals surface area contributed by atoms with E-state index in [1.165, 1.54) is 0 Å². The Kier molecular flexibility index (Phi) is 4.89. The molecule has 102 valence electrons. The Balaban J connectivity index is 3.05. The number of hydrogen-bond acceptors (Lipinski definition) is 4. The number of aryl methyl sites for hydroxylation is 1. The Labute approximate surface area is 103 Å². The quantitative estimate of drug-likeness (QED) is 0.882. The van der Waals surface area contributed by atoms with E-state index < -0.39 is 12.8 Å². The fourth-order valence-corrected chi connectivity index (χ4v) is 1.71. The van der Waals surface area contributed by atoms with E-state index in [0.717, 1.165) is 11.3 Å². The van der Waals surface area contributed by atoms with E-state index in [2.05, 4.69) is 14.9 Å². The molecule has 0 aliphatic carbocycles. The predicted molar refractivity (Wildman–Crippen MR) is 60.2 cm³/mol. The average molecular weight is 263 g/mol. The van der Waals surface area contributed by atoms with Gasteiger partial charge in [-0.15, -0.1) is 5.10 Å². The maximum atomic E-state index is 12.1. The lowest BCUT2D eigenvalue weighted by molar-refractivity contribution is -0.154. The highest BCUT2D eigenvalue weighted by Crippen LogP contribution is 2.24. The van der Waals surface area contributed by atoms with Crippen LogP contribution in [0.5, 0.6) is 5.88 Å². The zero-order valence-electron chi connectivity index (χ0n) is 10.3. The number of halogens is 3. The minimum Gasteiger partial charge on any atom is -0.467 e. The lowest BCUT2D eigenvalue weighted by Crippen LogP contribution is -2.21. The molecule has 0 amide bonds. The Hall–Kier alpha value is -1.37. The van der Waals surface area contributed by atoms with Gasteiger partial charge in [0, 0.05) is 12.1 Å². The molecule has 18 heavy (non-hydrogen) atoms. The van der Waals surface area contributed by atoms with Gasteiger partial charge in [0.25, 0.3) is 0 Å². The molecule has 0 unspecified atom stereocenters. The van der Waals surface area contributed by atoms with Crippen molar-refractivity contribution in [3.63, 3.8) is 0 Å². The van der Waals surface area contributed by atoms with E-state index in [1.807, 2.05) is 13.8 Å². The Morgan fingerprint density at radius 2 is 1.78 bits per heavy atom. The van der Waals surface area contributed by atoms with Crippen LogP contribution < -0.4 is 10.5 Å². The number of hydrogen-bond donors (Lipinski definition) is 1. The van der Waals surface area contributed by atoms with Crippen LogP contribution in [0.1, 0.15) is 30.7 Å². The maximum absolute atomic E-state index is 12.1. The van der Waals surface area contributed by atoms with Gasteiger partial charge in [0.2, 0.25) is 5.88 Å². The zero-order chi connectivity index (χ0) is 13.8. The van der Waals surface area contributed by atoms with Gasteiger partial charge < -0.3 is 10.5 Å². The van der Waals surface area contributed by atoms with Crippen LogP contribution in [0.25, 0.3) is 0 Å². The standard InChI is InChI=1S/C11H16F3N3O/c1-3-7-8(5-15)10(17-16-9(7)4-2)18-6-11(12,13)14/h3-6,15H2,1-2H3. The van der Waals surface area contributed by atoms with Crippen LogP contribution in [-0.2, 0) is 19.4 Å². The van der Waals surface area contributed by atoms with E-state index in [9.17, 15) is 13.2 Å². The minimum absolute atomic E-state index is 0.0822. The molecule has 0 aliphatic rings. The number of ether oxygens (including phenoxy) is 1. The van der Waals surface area contributed by atoms with Crippen molar-refractivity contribution in [1.82, 2.24) is 10.2 Å². The molecule has 0 atom stereocenters. The predicted octanol–water partition coefficient (Wildman–Crippen LogP) is 2.00. The van der Waals surface area contributed by atoms with Crippen molar-refractivity contribution < 1.29 is 17.9 Å². The highest BCUT2D eigenvalue weighted by molar-refractivity contribution is 5.36. The van der Waals surface area contributed by atoms with Crippen molar-refractivity contribution in [2.45, 2.75) is 39.4 Å². The third-order valence-corrected chi connectivity index (χ3v) is 2.50. The molecule has 0 aliphatic heterocycles. The summed E-state index contributed by atoms with van der Waals surface area (Å²) in [6, 6.07) is 0. The van der Waals surface area contributed by atoms with Crippen LogP contribution in [0.4, 0.5) is 13.2 Å². The monoisotopic (exact) mass is 263 g/mol. The second-order valence-electron chi connectivity index (χ2n) is 3.72. The fraction of sp³-hybridized carbons (Fsp3) is 0.636. The van der Waals surface area contributed by atoms with Crippen LogP contribution in [0, 0.1) is 0 Å². The molecule has 0 saturated heterocycles. The SMILES string of the molecule is CCc1nnc(OCC(F)(F)F)c(CN)c1CC. The van der Waals surface area contributed by atoms with Gasteiger partial charge in [0.15, 0.2) is 6.61 Å². The molecule has 1 aromatic rings. The summed E-state index contributed by atoms with van der Waals surface area (Å²) in [6.07, 6.45) is -3.11. The van der Waals surface area contributed by atoms with E-state index in [4.69, 9.17) is 5.73 Å². The van der Waals surface area contributed by atoms with Crippen molar-refractivity contribution in [2.75, 3.05) is 6.61 Å². The second-order valence-corrected chi connectivity index (χ2v) is 3.72. The molecular formula is C11H16F3N3O. The van der Waals surface area contributed by atoms with Crippen LogP contribution in [0.3, 0.4) is 0 Å². The topological polar surface area (TPSA) is 61.0 Å². The first-order chi connectivity index (χ1) is 8.42. The van der Waals surface area contributed by atoms with Gasteiger partial charge in [-0.2, -0.15) is 18.3 Å². The van der Waals surface area contributed by atoms with E-state index in [-0.39, 0.29) is 12.4 Å². The van der Waals surface area contributed by atoms with Gasteiger partial charge in [-0.1, -0.05) is 13.8 Å². The number of alkyl halides is 3. The summed E-state index contributed by atoms with van der Waals surface area (Å²) in [4.78, 5) is 0. The first-order valence-corrected chi connectivity index (χ1v) is 5.69. The summed E-state index contributed by atoms with van der Waals surface area (Å²) in [6.45, 7) is 2.49. The molecule has 2 N–H and O–H groups in total.